The molecule has 1 heterocycles. The SMILES string of the molecule is CN=C1C=CCC(C(C)(C)C)=CN1. The summed E-state index contributed by atoms with van der Waals surface area (Å²) in [4.78, 5) is 4.10. The molecule has 0 spiro atoms. The molecule has 0 fully saturated rings. The van der Waals surface area contributed by atoms with Gasteiger partial charge in [-0.2, -0.15) is 0 Å². The lowest BCUT2D eigenvalue weighted by Gasteiger charge is -2.21. The Balaban J connectivity index is 2.83. The molecule has 0 aromatic carbocycles. The summed E-state index contributed by atoms with van der Waals surface area (Å²) in [6.07, 6.45) is 7.26. The first-order chi connectivity index (χ1) is 6.04. The molecule has 0 aromatic heterocycles. The molecule has 0 saturated carbocycles. The minimum Gasteiger partial charge on any atom is -0.347 e. The first-order valence-corrected chi connectivity index (χ1v) is 4.63. The minimum atomic E-state index is 0.237. The van der Waals surface area contributed by atoms with Crippen molar-refractivity contribution in [2.75, 3.05) is 7.05 Å². The zero-order valence-corrected chi connectivity index (χ0v) is 8.89. The molecule has 0 unspecified atom stereocenters. The molecule has 72 valence electrons. The van der Waals surface area contributed by atoms with E-state index in [4.69, 9.17) is 0 Å². The Kier molecular flexibility index (Phi) is 2.91. The predicted molar refractivity (Wildman–Crippen MR) is 57.8 cm³/mol. The summed E-state index contributed by atoms with van der Waals surface area (Å²) in [5.74, 6) is 0.930. The largest absolute Gasteiger partial charge is 0.347 e. The van der Waals surface area contributed by atoms with E-state index in [0.29, 0.717) is 0 Å². The van der Waals surface area contributed by atoms with Crippen molar-refractivity contribution in [3.05, 3.63) is 23.9 Å². The fraction of sp³-hybridized carbons (Fsp3) is 0.545. The van der Waals surface area contributed by atoms with Crippen LogP contribution in [0.4, 0.5) is 0 Å². The molecule has 1 rings (SSSR count). The summed E-state index contributed by atoms with van der Waals surface area (Å²) in [5.41, 5.74) is 1.64. The lowest BCUT2D eigenvalue weighted by atomic mass is 9.85. The molecule has 13 heavy (non-hydrogen) atoms. The minimum absolute atomic E-state index is 0.237. The van der Waals surface area contributed by atoms with Crippen molar-refractivity contribution in [1.29, 1.82) is 0 Å². The van der Waals surface area contributed by atoms with E-state index >= 15 is 0 Å². The lowest BCUT2D eigenvalue weighted by molar-refractivity contribution is 0.492. The molecular formula is C11H18N2. The maximum Gasteiger partial charge on any atom is 0.124 e. The van der Waals surface area contributed by atoms with Crippen LogP contribution in [-0.4, -0.2) is 12.9 Å². The maximum absolute atomic E-state index is 4.10. The summed E-state index contributed by atoms with van der Waals surface area (Å²) in [6.45, 7) is 6.67. The van der Waals surface area contributed by atoms with E-state index in [9.17, 15) is 0 Å². The quantitative estimate of drug-likeness (QED) is 0.605. The number of rotatable bonds is 0. The summed E-state index contributed by atoms with van der Waals surface area (Å²) < 4.78 is 0. The van der Waals surface area contributed by atoms with Crippen LogP contribution in [0.2, 0.25) is 0 Å². The van der Waals surface area contributed by atoms with Crippen molar-refractivity contribution in [2.45, 2.75) is 27.2 Å². The number of aliphatic imine (C=N–C) groups is 1. The Morgan fingerprint density at radius 2 is 2.08 bits per heavy atom. The molecule has 2 heteroatoms. The number of nitrogens with one attached hydrogen (secondary N) is 1. The van der Waals surface area contributed by atoms with Crippen LogP contribution in [0.1, 0.15) is 27.2 Å². The lowest BCUT2D eigenvalue weighted by Crippen LogP contribution is -2.16. The Morgan fingerprint density at radius 3 is 2.62 bits per heavy atom. The van der Waals surface area contributed by atoms with Gasteiger partial charge in [-0.1, -0.05) is 26.8 Å². The third-order valence-electron chi connectivity index (χ3n) is 2.21. The van der Waals surface area contributed by atoms with E-state index in [1.807, 2.05) is 6.08 Å². The molecule has 2 nitrogen and oxygen atoms in total. The molecule has 0 aromatic rings. The number of nitrogens with zero attached hydrogens (tertiary/aromatic N) is 1. The van der Waals surface area contributed by atoms with Gasteiger partial charge in [0.2, 0.25) is 0 Å². The van der Waals surface area contributed by atoms with Gasteiger partial charge >= 0.3 is 0 Å². The highest BCUT2D eigenvalue weighted by atomic mass is 15.0. The third-order valence-corrected chi connectivity index (χ3v) is 2.21. The second kappa shape index (κ2) is 3.77. The van der Waals surface area contributed by atoms with Crippen LogP contribution in [0.25, 0.3) is 0 Å². The van der Waals surface area contributed by atoms with Gasteiger partial charge in [0.15, 0.2) is 0 Å². The summed E-state index contributed by atoms with van der Waals surface area (Å²) in [7, 11) is 1.79. The van der Waals surface area contributed by atoms with Crippen molar-refractivity contribution in [3.8, 4) is 0 Å². The van der Waals surface area contributed by atoms with E-state index in [1.54, 1.807) is 7.05 Å². The molecule has 0 aliphatic carbocycles. The summed E-state index contributed by atoms with van der Waals surface area (Å²) >= 11 is 0. The molecule has 0 bridgehead atoms. The maximum atomic E-state index is 4.10. The highest BCUT2D eigenvalue weighted by Crippen LogP contribution is 2.28. The van der Waals surface area contributed by atoms with Gasteiger partial charge in [0.1, 0.15) is 5.84 Å². The number of allylic oxidation sites excluding steroid dienone is 2. The number of hydrogen-bond acceptors (Lipinski definition) is 1. The summed E-state index contributed by atoms with van der Waals surface area (Å²) in [5, 5.41) is 3.19. The van der Waals surface area contributed by atoms with Crippen LogP contribution in [-0.2, 0) is 0 Å². The van der Waals surface area contributed by atoms with E-state index in [1.165, 1.54) is 5.57 Å². The second-order valence-electron chi connectivity index (χ2n) is 4.28. The van der Waals surface area contributed by atoms with Crippen molar-refractivity contribution in [1.82, 2.24) is 5.32 Å². The van der Waals surface area contributed by atoms with E-state index < -0.39 is 0 Å². The Hall–Kier alpha value is -1.05. The van der Waals surface area contributed by atoms with Crippen LogP contribution in [0.5, 0.6) is 0 Å². The van der Waals surface area contributed by atoms with Crippen molar-refractivity contribution < 1.29 is 0 Å². The van der Waals surface area contributed by atoms with Gasteiger partial charge < -0.3 is 5.32 Å². The molecular weight excluding hydrogens is 160 g/mol. The van der Waals surface area contributed by atoms with Gasteiger partial charge in [0, 0.05) is 13.2 Å². The van der Waals surface area contributed by atoms with Gasteiger partial charge in [-0.3, -0.25) is 4.99 Å². The highest BCUT2D eigenvalue weighted by molar-refractivity contribution is 5.93. The van der Waals surface area contributed by atoms with E-state index in [2.05, 4.69) is 43.4 Å². The Labute approximate surface area is 80.4 Å². The summed E-state index contributed by atoms with van der Waals surface area (Å²) in [6, 6.07) is 0. The normalized spacial score (nSPS) is 20.9. The van der Waals surface area contributed by atoms with Gasteiger partial charge in [0.25, 0.3) is 0 Å². The van der Waals surface area contributed by atoms with Gasteiger partial charge in [-0.05, 0) is 23.5 Å². The first-order valence-electron chi connectivity index (χ1n) is 4.63. The van der Waals surface area contributed by atoms with Crippen LogP contribution in [0.15, 0.2) is 28.9 Å². The van der Waals surface area contributed by atoms with Crippen molar-refractivity contribution in [2.24, 2.45) is 10.4 Å². The van der Waals surface area contributed by atoms with E-state index in [0.717, 1.165) is 12.3 Å². The fourth-order valence-corrected chi connectivity index (χ4v) is 1.23. The molecule has 0 radical (unpaired) electrons. The molecule has 0 atom stereocenters. The zero-order valence-electron chi connectivity index (χ0n) is 8.89. The molecule has 1 N–H and O–H groups in total. The van der Waals surface area contributed by atoms with Gasteiger partial charge in [-0.15, -0.1) is 0 Å². The highest BCUT2D eigenvalue weighted by Gasteiger charge is 2.16. The molecule has 1 aliphatic rings. The van der Waals surface area contributed by atoms with E-state index in [-0.39, 0.29) is 5.41 Å². The van der Waals surface area contributed by atoms with Gasteiger partial charge in [0.05, 0.1) is 0 Å². The first kappa shape index (κ1) is 10.0. The average molecular weight is 178 g/mol. The molecule has 0 amide bonds. The topological polar surface area (TPSA) is 24.4 Å². The smallest absolute Gasteiger partial charge is 0.124 e. The van der Waals surface area contributed by atoms with Crippen molar-refractivity contribution >= 4 is 5.84 Å². The predicted octanol–water partition coefficient (Wildman–Crippen LogP) is 2.49. The van der Waals surface area contributed by atoms with Crippen LogP contribution in [0.3, 0.4) is 0 Å². The Bertz CT molecular complexity index is 264. The number of amidine groups is 1. The van der Waals surface area contributed by atoms with Crippen LogP contribution < -0.4 is 5.32 Å². The average Bonchev–Trinajstić information content (AvgIpc) is 2.26. The molecule has 1 aliphatic heterocycles. The third kappa shape index (κ3) is 2.72. The monoisotopic (exact) mass is 178 g/mol. The fourth-order valence-electron chi connectivity index (χ4n) is 1.23. The second-order valence-corrected chi connectivity index (χ2v) is 4.28. The molecule has 0 saturated heterocycles. The standard InChI is InChI=1S/C11H18N2/c1-11(2,3)9-6-5-7-10(12-4)13-8-9/h5,7-8H,6H2,1-4H3,(H,12,13). The van der Waals surface area contributed by atoms with Gasteiger partial charge in [-0.25, -0.2) is 0 Å². The Morgan fingerprint density at radius 1 is 1.38 bits per heavy atom. The number of hydrogen-bond donors (Lipinski definition) is 1. The van der Waals surface area contributed by atoms with Crippen LogP contribution >= 0.6 is 0 Å². The zero-order chi connectivity index (χ0) is 9.90. The van der Waals surface area contributed by atoms with Crippen molar-refractivity contribution in [3.63, 3.8) is 0 Å². The van der Waals surface area contributed by atoms with Crippen LogP contribution in [0, 0.1) is 5.41 Å².